The lowest BCUT2D eigenvalue weighted by molar-refractivity contribution is -0.115. The van der Waals surface area contributed by atoms with Gasteiger partial charge in [0.05, 0.1) is 18.6 Å². The molecule has 0 fully saturated rings. The van der Waals surface area contributed by atoms with E-state index in [-0.39, 0.29) is 17.4 Å². The summed E-state index contributed by atoms with van der Waals surface area (Å²) in [4.78, 5) is 30.7. The first kappa shape index (κ1) is 19.9. The quantitative estimate of drug-likeness (QED) is 0.706. The number of Topliss-reactive ketones (excluding diaryl/α,β-unsaturated/α-hetero) is 1. The lowest BCUT2D eigenvalue weighted by atomic mass is 10.1. The van der Waals surface area contributed by atoms with Gasteiger partial charge in [-0.15, -0.1) is 0 Å². The highest BCUT2D eigenvalue weighted by Gasteiger charge is 2.32. The van der Waals surface area contributed by atoms with E-state index in [1.807, 2.05) is 50.2 Å². The number of anilines is 1. The Balaban J connectivity index is 1.99. The van der Waals surface area contributed by atoms with E-state index in [0.29, 0.717) is 10.9 Å². The van der Waals surface area contributed by atoms with Gasteiger partial charge in [-0.25, -0.2) is 4.99 Å². The van der Waals surface area contributed by atoms with E-state index in [4.69, 9.17) is 4.74 Å². The van der Waals surface area contributed by atoms with Crippen LogP contribution in [0.5, 0.6) is 5.75 Å². The van der Waals surface area contributed by atoms with Crippen LogP contribution in [0.2, 0.25) is 0 Å². The first-order valence-electron chi connectivity index (χ1n) is 8.87. The molecular weight excluding hydrogens is 372 g/mol. The van der Waals surface area contributed by atoms with Gasteiger partial charge in [0, 0.05) is 0 Å². The van der Waals surface area contributed by atoms with E-state index in [2.05, 4.69) is 11.1 Å². The minimum absolute atomic E-state index is 0.0353. The Bertz CT molecular complexity index is 958. The number of hydrogen-bond donors (Lipinski definition) is 0. The van der Waals surface area contributed by atoms with Gasteiger partial charge >= 0.3 is 0 Å². The Morgan fingerprint density at radius 2 is 1.79 bits per heavy atom. The number of benzene rings is 2. The van der Waals surface area contributed by atoms with Crippen LogP contribution in [0.3, 0.4) is 0 Å². The summed E-state index contributed by atoms with van der Waals surface area (Å²) in [6, 6.07) is 13.4. The van der Waals surface area contributed by atoms with Crippen LogP contribution in [0.4, 0.5) is 5.69 Å². The summed E-state index contributed by atoms with van der Waals surface area (Å²) in [6.07, 6.45) is 1.75. The standard InChI is InChI=1S/C22H22N2O3S/c1-14-9-15(2)11-18(10-14)24-21(26)20(23-22(24)28-13-16(3)25)12-17-5-7-19(27-4)8-6-17/h5-12H,13H2,1-4H3. The maximum Gasteiger partial charge on any atom is 0.283 e. The normalized spacial score (nSPS) is 15.1. The molecule has 0 atom stereocenters. The molecule has 0 aromatic heterocycles. The molecule has 28 heavy (non-hydrogen) atoms. The fraction of sp³-hybridized carbons (Fsp3) is 0.227. The predicted octanol–water partition coefficient (Wildman–Crippen LogP) is 4.38. The second kappa shape index (κ2) is 8.44. The van der Waals surface area contributed by atoms with Gasteiger partial charge in [0.2, 0.25) is 0 Å². The summed E-state index contributed by atoms with van der Waals surface area (Å²) in [5.74, 6) is 0.849. The highest BCUT2D eigenvalue weighted by atomic mass is 32.2. The van der Waals surface area contributed by atoms with Gasteiger partial charge in [0.15, 0.2) is 5.17 Å². The third kappa shape index (κ3) is 4.51. The van der Waals surface area contributed by atoms with Crippen molar-refractivity contribution in [1.82, 2.24) is 0 Å². The Morgan fingerprint density at radius 3 is 2.36 bits per heavy atom. The average molecular weight is 394 g/mol. The summed E-state index contributed by atoms with van der Waals surface area (Å²) in [5.41, 5.74) is 4.08. The highest BCUT2D eigenvalue weighted by molar-refractivity contribution is 8.14. The maximum absolute atomic E-state index is 13.1. The zero-order valence-corrected chi connectivity index (χ0v) is 17.2. The number of amidine groups is 1. The summed E-state index contributed by atoms with van der Waals surface area (Å²) < 4.78 is 5.17. The molecule has 5 nitrogen and oxygen atoms in total. The predicted molar refractivity (Wildman–Crippen MR) is 115 cm³/mol. The number of aryl methyl sites for hydroxylation is 2. The number of carbonyl (C=O) groups is 2. The molecular formula is C22H22N2O3S. The Hall–Kier alpha value is -2.86. The van der Waals surface area contributed by atoms with E-state index in [0.717, 1.165) is 28.1 Å². The molecule has 2 aromatic carbocycles. The van der Waals surface area contributed by atoms with Crippen LogP contribution in [0.15, 0.2) is 53.2 Å². The molecule has 0 unspecified atom stereocenters. The lowest BCUT2D eigenvalue weighted by Gasteiger charge is -2.18. The second-order valence-corrected chi connectivity index (χ2v) is 7.62. The van der Waals surface area contributed by atoms with Crippen molar-refractivity contribution in [1.29, 1.82) is 0 Å². The van der Waals surface area contributed by atoms with Crippen molar-refractivity contribution in [2.24, 2.45) is 4.99 Å². The highest BCUT2D eigenvalue weighted by Crippen LogP contribution is 2.31. The van der Waals surface area contributed by atoms with Crippen LogP contribution in [0.25, 0.3) is 6.08 Å². The van der Waals surface area contributed by atoms with Gasteiger partial charge in [-0.2, -0.15) is 0 Å². The first-order chi connectivity index (χ1) is 13.4. The summed E-state index contributed by atoms with van der Waals surface area (Å²) in [7, 11) is 1.61. The van der Waals surface area contributed by atoms with Crippen molar-refractivity contribution in [3.05, 3.63) is 64.9 Å². The van der Waals surface area contributed by atoms with Crippen LogP contribution in [-0.2, 0) is 9.59 Å². The SMILES string of the molecule is COc1ccc(C=C2N=C(SCC(C)=O)N(c3cc(C)cc(C)c3)C2=O)cc1. The summed E-state index contributed by atoms with van der Waals surface area (Å²) >= 11 is 1.28. The number of rotatable bonds is 5. The largest absolute Gasteiger partial charge is 0.497 e. The average Bonchev–Trinajstić information content (AvgIpc) is 2.95. The molecule has 1 aliphatic heterocycles. The number of aliphatic imine (C=N–C) groups is 1. The van der Waals surface area contributed by atoms with Gasteiger partial charge in [-0.1, -0.05) is 30.0 Å². The fourth-order valence-electron chi connectivity index (χ4n) is 2.92. The monoisotopic (exact) mass is 394 g/mol. The Labute approximate surface area is 169 Å². The zero-order valence-electron chi connectivity index (χ0n) is 16.4. The van der Waals surface area contributed by atoms with Crippen molar-refractivity contribution in [3.63, 3.8) is 0 Å². The topological polar surface area (TPSA) is 59.0 Å². The van der Waals surface area contributed by atoms with Crippen molar-refractivity contribution in [2.75, 3.05) is 17.8 Å². The molecule has 0 bridgehead atoms. The van der Waals surface area contributed by atoms with Gasteiger partial charge < -0.3 is 4.74 Å². The first-order valence-corrected chi connectivity index (χ1v) is 9.85. The smallest absolute Gasteiger partial charge is 0.283 e. The number of carbonyl (C=O) groups excluding carboxylic acids is 2. The Kier molecular flexibility index (Phi) is 5.99. The second-order valence-electron chi connectivity index (χ2n) is 6.67. The van der Waals surface area contributed by atoms with Crippen LogP contribution in [-0.4, -0.2) is 29.7 Å². The van der Waals surface area contributed by atoms with Crippen molar-refractivity contribution in [3.8, 4) is 5.75 Å². The van der Waals surface area contributed by atoms with Gasteiger partial charge in [-0.3, -0.25) is 14.5 Å². The molecule has 0 saturated heterocycles. The molecule has 144 valence electrons. The minimum Gasteiger partial charge on any atom is -0.497 e. The third-order valence-electron chi connectivity index (χ3n) is 4.12. The number of ether oxygens (including phenoxy) is 1. The molecule has 1 aliphatic rings. The molecule has 1 heterocycles. The van der Waals surface area contributed by atoms with E-state index in [1.54, 1.807) is 18.1 Å². The van der Waals surface area contributed by atoms with E-state index in [9.17, 15) is 9.59 Å². The fourth-order valence-corrected chi connectivity index (χ4v) is 3.74. The van der Waals surface area contributed by atoms with E-state index in [1.165, 1.54) is 18.7 Å². The summed E-state index contributed by atoms with van der Waals surface area (Å²) in [6.45, 7) is 5.51. The number of hydrogen-bond acceptors (Lipinski definition) is 5. The van der Waals surface area contributed by atoms with E-state index >= 15 is 0 Å². The number of ketones is 1. The molecule has 0 aliphatic carbocycles. The summed E-state index contributed by atoms with van der Waals surface area (Å²) in [5, 5.41) is 0.518. The molecule has 6 heteroatoms. The molecule has 1 amide bonds. The number of thioether (sulfide) groups is 1. The van der Waals surface area contributed by atoms with Gasteiger partial charge in [0.1, 0.15) is 17.2 Å². The molecule has 0 spiro atoms. The molecule has 3 rings (SSSR count). The van der Waals surface area contributed by atoms with Crippen molar-refractivity contribution < 1.29 is 14.3 Å². The molecule has 0 N–H and O–H groups in total. The van der Waals surface area contributed by atoms with Crippen LogP contribution in [0, 0.1) is 13.8 Å². The third-order valence-corrected chi connectivity index (χ3v) is 5.20. The number of amides is 1. The van der Waals surface area contributed by atoms with Crippen molar-refractivity contribution in [2.45, 2.75) is 20.8 Å². The maximum atomic E-state index is 13.1. The van der Waals surface area contributed by atoms with Gasteiger partial charge in [-0.05, 0) is 67.8 Å². The van der Waals surface area contributed by atoms with E-state index < -0.39 is 0 Å². The zero-order chi connectivity index (χ0) is 20.3. The minimum atomic E-state index is -0.202. The van der Waals surface area contributed by atoms with Crippen molar-refractivity contribution >= 4 is 40.4 Å². The molecule has 0 saturated carbocycles. The van der Waals surface area contributed by atoms with Crippen LogP contribution >= 0.6 is 11.8 Å². The number of methoxy groups -OCH3 is 1. The molecule has 0 radical (unpaired) electrons. The van der Waals surface area contributed by atoms with Crippen LogP contribution in [0.1, 0.15) is 23.6 Å². The lowest BCUT2D eigenvalue weighted by Crippen LogP contribution is -2.30. The number of nitrogens with zero attached hydrogens (tertiary/aromatic N) is 2. The van der Waals surface area contributed by atoms with Crippen LogP contribution < -0.4 is 9.64 Å². The Morgan fingerprint density at radius 1 is 1.14 bits per heavy atom. The van der Waals surface area contributed by atoms with Gasteiger partial charge in [0.25, 0.3) is 5.91 Å². The molecule has 2 aromatic rings.